The predicted octanol–water partition coefficient (Wildman–Crippen LogP) is 3.94. The van der Waals surface area contributed by atoms with Gasteiger partial charge in [-0.05, 0) is 36.8 Å². The Morgan fingerprint density at radius 2 is 2.08 bits per heavy atom. The predicted molar refractivity (Wildman–Crippen MR) is 98.9 cm³/mol. The second-order valence-corrected chi connectivity index (χ2v) is 7.35. The Balaban J connectivity index is 1.54. The van der Waals surface area contributed by atoms with Gasteiger partial charge in [-0.15, -0.1) is 11.8 Å². The zero-order valence-electron chi connectivity index (χ0n) is 13.3. The topological polar surface area (TPSA) is 47.6 Å². The first-order chi connectivity index (χ1) is 11.6. The van der Waals surface area contributed by atoms with E-state index >= 15 is 0 Å². The molecule has 2 aromatic carbocycles. The third-order valence-electron chi connectivity index (χ3n) is 3.62. The van der Waals surface area contributed by atoms with Crippen molar-refractivity contribution < 1.29 is 14.3 Å². The van der Waals surface area contributed by atoms with Crippen LogP contribution in [0.15, 0.2) is 45.8 Å². The molecule has 3 rings (SSSR count). The van der Waals surface area contributed by atoms with Crippen LogP contribution in [-0.2, 0) is 11.3 Å². The Bertz CT molecular complexity index is 751. The lowest BCUT2D eigenvalue weighted by Gasteiger charge is -2.21. The summed E-state index contributed by atoms with van der Waals surface area (Å²) < 4.78 is 12.3. The number of halogens is 1. The summed E-state index contributed by atoms with van der Waals surface area (Å²) >= 11 is 4.99. The van der Waals surface area contributed by atoms with Crippen LogP contribution in [0.1, 0.15) is 11.1 Å². The van der Waals surface area contributed by atoms with Gasteiger partial charge in [0.25, 0.3) is 0 Å². The van der Waals surface area contributed by atoms with E-state index in [1.807, 2.05) is 43.3 Å². The lowest BCUT2D eigenvalue weighted by molar-refractivity contribution is -0.118. The van der Waals surface area contributed by atoms with Crippen LogP contribution in [0.2, 0.25) is 0 Å². The average molecular weight is 408 g/mol. The van der Waals surface area contributed by atoms with E-state index in [1.165, 1.54) is 11.8 Å². The molecule has 6 heteroatoms. The monoisotopic (exact) mass is 407 g/mol. The van der Waals surface area contributed by atoms with E-state index in [9.17, 15) is 4.79 Å². The lowest BCUT2D eigenvalue weighted by Crippen LogP contribution is -2.25. The summed E-state index contributed by atoms with van der Waals surface area (Å²) in [4.78, 5) is 13.2. The molecule has 0 saturated heterocycles. The largest absolute Gasteiger partial charge is 0.486 e. The molecule has 126 valence electrons. The molecule has 0 saturated carbocycles. The highest BCUT2D eigenvalue weighted by molar-refractivity contribution is 9.10. The minimum atomic E-state index is -0.00310. The van der Waals surface area contributed by atoms with Crippen LogP contribution < -0.4 is 14.8 Å². The summed E-state index contributed by atoms with van der Waals surface area (Å²) in [5, 5.41) is 2.95. The molecule has 1 amide bonds. The van der Waals surface area contributed by atoms with Gasteiger partial charge in [0.2, 0.25) is 5.91 Å². The fraction of sp³-hybridized carbons (Fsp3) is 0.278. The van der Waals surface area contributed by atoms with Crippen molar-refractivity contribution in [1.29, 1.82) is 0 Å². The van der Waals surface area contributed by atoms with Crippen molar-refractivity contribution in [3.63, 3.8) is 0 Å². The van der Waals surface area contributed by atoms with E-state index in [2.05, 4.69) is 21.2 Å². The van der Waals surface area contributed by atoms with Crippen LogP contribution in [0.3, 0.4) is 0 Å². The number of ether oxygens (including phenoxy) is 2. The normalized spacial score (nSPS) is 12.8. The quantitative estimate of drug-likeness (QED) is 0.762. The molecule has 1 heterocycles. The zero-order chi connectivity index (χ0) is 16.9. The standard InChI is InChI=1S/C18H18BrNO3S/c1-12-9-14(19)5-6-16(12)24-11-17(21)20-10-13-3-2-4-15-18(13)23-8-7-22-15/h2-6,9H,7-8,10-11H2,1H3,(H,20,21). The van der Waals surface area contributed by atoms with Gasteiger partial charge in [0.05, 0.1) is 5.75 Å². The van der Waals surface area contributed by atoms with E-state index in [0.29, 0.717) is 25.5 Å². The molecular weight excluding hydrogens is 390 g/mol. The summed E-state index contributed by atoms with van der Waals surface area (Å²) in [6.07, 6.45) is 0. The third-order valence-corrected chi connectivity index (χ3v) is 5.29. The molecule has 1 aliphatic heterocycles. The average Bonchev–Trinajstić information content (AvgIpc) is 2.59. The molecule has 1 aliphatic rings. The van der Waals surface area contributed by atoms with Gasteiger partial charge in [0, 0.05) is 21.5 Å². The Kier molecular flexibility index (Phi) is 5.68. The van der Waals surface area contributed by atoms with E-state index in [0.717, 1.165) is 32.0 Å². The van der Waals surface area contributed by atoms with Crippen molar-refractivity contribution >= 4 is 33.6 Å². The van der Waals surface area contributed by atoms with E-state index in [-0.39, 0.29) is 5.91 Å². The Morgan fingerprint density at radius 1 is 1.25 bits per heavy atom. The number of aryl methyl sites for hydroxylation is 1. The van der Waals surface area contributed by atoms with Crippen molar-refractivity contribution in [2.45, 2.75) is 18.4 Å². The number of hydrogen-bond acceptors (Lipinski definition) is 4. The van der Waals surface area contributed by atoms with Crippen molar-refractivity contribution in [3.8, 4) is 11.5 Å². The van der Waals surface area contributed by atoms with Gasteiger partial charge in [0.1, 0.15) is 13.2 Å². The number of rotatable bonds is 5. The van der Waals surface area contributed by atoms with Crippen LogP contribution in [-0.4, -0.2) is 24.9 Å². The van der Waals surface area contributed by atoms with Crippen molar-refractivity contribution in [2.75, 3.05) is 19.0 Å². The molecule has 0 unspecified atom stereocenters. The number of amides is 1. The molecule has 4 nitrogen and oxygen atoms in total. The fourth-order valence-electron chi connectivity index (χ4n) is 2.44. The third kappa shape index (κ3) is 4.24. The number of hydrogen-bond donors (Lipinski definition) is 1. The Hall–Kier alpha value is -1.66. The summed E-state index contributed by atoms with van der Waals surface area (Å²) in [6, 6.07) is 11.8. The molecule has 24 heavy (non-hydrogen) atoms. The number of carbonyl (C=O) groups is 1. The van der Waals surface area contributed by atoms with Gasteiger partial charge < -0.3 is 14.8 Å². The maximum absolute atomic E-state index is 12.1. The van der Waals surface area contributed by atoms with Gasteiger partial charge in [-0.25, -0.2) is 0 Å². The molecule has 1 N–H and O–H groups in total. The zero-order valence-corrected chi connectivity index (χ0v) is 15.7. The van der Waals surface area contributed by atoms with Crippen LogP contribution >= 0.6 is 27.7 Å². The van der Waals surface area contributed by atoms with Crippen LogP contribution in [0.4, 0.5) is 0 Å². The molecule has 2 aromatic rings. The van der Waals surface area contributed by atoms with Gasteiger partial charge in [-0.1, -0.05) is 28.1 Å². The smallest absolute Gasteiger partial charge is 0.230 e. The highest BCUT2D eigenvalue weighted by atomic mass is 79.9. The number of fused-ring (bicyclic) bond motifs is 1. The minimum absolute atomic E-state index is 0.00310. The number of nitrogens with one attached hydrogen (secondary N) is 1. The number of benzene rings is 2. The van der Waals surface area contributed by atoms with Gasteiger partial charge in [0.15, 0.2) is 11.5 Å². The molecule has 0 radical (unpaired) electrons. The van der Waals surface area contributed by atoms with Crippen molar-refractivity contribution in [2.24, 2.45) is 0 Å². The number of para-hydroxylation sites is 1. The van der Waals surface area contributed by atoms with Crippen LogP contribution in [0, 0.1) is 6.92 Å². The lowest BCUT2D eigenvalue weighted by atomic mass is 10.1. The molecule has 0 aromatic heterocycles. The summed E-state index contributed by atoms with van der Waals surface area (Å²) in [5.41, 5.74) is 2.09. The van der Waals surface area contributed by atoms with E-state index in [4.69, 9.17) is 9.47 Å². The number of thioether (sulfide) groups is 1. The summed E-state index contributed by atoms with van der Waals surface area (Å²) in [6.45, 7) is 3.58. The molecule has 0 atom stereocenters. The van der Waals surface area contributed by atoms with Crippen molar-refractivity contribution in [1.82, 2.24) is 5.32 Å². The minimum Gasteiger partial charge on any atom is -0.486 e. The first kappa shape index (κ1) is 17.2. The molecule has 0 aliphatic carbocycles. The molecule has 0 fully saturated rings. The first-order valence-corrected chi connectivity index (χ1v) is 9.44. The van der Waals surface area contributed by atoms with Crippen LogP contribution in [0.5, 0.6) is 11.5 Å². The van der Waals surface area contributed by atoms with Gasteiger partial charge in [-0.3, -0.25) is 4.79 Å². The van der Waals surface area contributed by atoms with E-state index in [1.54, 1.807) is 0 Å². The number of carbonyl (C=O) groups excluding carboxylic acids is 1. The SMILES string of the molecule is Cc1cc(Br)ccc1SCC(=O)NCc1cccc2c1OCCO2. The van der Waals surface area contributed by atoms with Gasteiger partial charge >= 0.3 is 0 Å². The maximum atomic E-state index is 12.1. The summed E-state index contributed by atoms with van der Waals surface area (Å²) in [5.74, 6) is 1.86. The van der Waals surface area contributed by atoms with E-state index < -0.39 is 0 Å². The fourth-order valence-corrected chi connectivity index (χ4v) is 3.75. The first-order valence-electron chi connectivity index (χ1n) is 7.66. The maximum Gasteiger partial charge on any atom is 0.230 e. The second-order valence-electron chi connectivity index (χ2n) is 5.42. The molecular formula is C18H18BrNO3S. The van der Waals surface area contributed by atoms with Crippen molar-refractivity contribution in [3.05, 3.63) is 52.0 Å². The summed E-state index contributed by atoms with van der Waals surface area (Å²) in [7, 11) is 0. The Morgan fingerprint density at radius 3 is 2.92 bits per heavy atom. The molecule has 0 spiro atoms. The second kappa shape index (κ2) is 7.94. The van der Waals surface area contributed by atoms with Gasteiger partial charge in [-0.2, -0.15) is 0 Å². The Labute approximate surface area is 154 Å². The highest BCUT2D eigenvalue weighted by Gasteiger charge is 2.16. The highest BCUT2D eigenvalue weighted by Crippen LogP contribution is 2.33. The van der Waals surface area contributed by atoms with Crippen LogP contribution in [0.25, 0.3) is 0 Å². The molecule has 0 bridgehead atoms.